The summed E-state index contributed by atoms with van der Waals surface area (Å²) in [5.41, 5.74) is 7.87. The van der Waals surface area contributed by atoms with E-state index in [1.807, 2.05) is 12.1 Å². The molecule has 1 aliphatic carbocycles. The molecule has 0 fully saturated rings. The molecular formula is C13H13N5O2. The summed E-state index contributed by atoms with van der Waals surface area (Å²) in [5, 5.41) is 14.0. The molecule has 0 aliphatic heterocycles. The maximum atomic E-state index is 11.0. The second-order valence-electron chi connectivity index (χ2n) is 4.69. The lowest BCUT2D eigenvalue weighted by Gasteiger charge is -2.30. The van der Waals surface area contributed by atoms with E-state index in [2.05, 4.69) is 27.4 Å². The van der Waals surface area contributed by atoms with Crippen LogP contribution in [-0.2, 0) is 6.42 Å². The van der Waals surface area contributed by atoms with Crippen LogP contribution >= 0.6 is 0 Å². The molecule has 102 valence electrons. The van der Waals surface area contributed by atoms with Gasteiger partial charge < -0.3 is 11.1 Å². The fraction of sp³-hybridized carbons (Fsp3) is 0.231. The van der Waals surface area contributed by atoms with Crippen LogP contribution in [0, 0.1) is 10.1 Å². The van der Waals surface area contributed by atoms with Gasteiger partial charge in [-0.1, -0.05) is 24.3 Å². The SMILES string of the molecule is Nc1ncnc(NCC2Cc3ccccc32)c1[N+](=O)[O-]. The third kappa shape index (κ3) is 2.03. The Hall–Kier alpha value is -2.70. The number of fused-ring (bicyclic) bond motifs is 1. The number of nitrogen functional groups attached to an aromatic ring is 1. The average molecular weight is 271 g/mol. The van der Waals surface area contributed by atoms with Crippen molar-refractivity contribution in [2.75, 3.05) is 17.6 Å². The Labute approximate surface area is 115 Å². The number of nitrogens with zero attached hydrogens (tertiary/aromatic N) is 3. The van der Waals surface area contributed by atoms with Gasteiger partial charge in [0.25, 0.3) is 0 Å². The minimum absolute atomic E-state index is 0.124. The van der Waals surface area contributed by atoms with E-state index in [4.69, 9.17) is 5.73 Å². The molecule has 0 amide bonds. The fourth-order valence-corrected chi connectivity index (χ4v) is 2.47. The van der Waals surface area contributed by atoms with Gasteiger partial charge in [-0.15, -0.1) is 0 Å². The van der Waals surface area contributed by atoms with Crippen molar-refractivity contribution in [3.63, 3.8) is 0 Å². The molecule has 7 heteroatoms. The van der Waals surface area contributed by atoms with Crippen molar-refractivity contribution in [1.29, 1.82) is 0 Å². The van der Waals surface area contributed by atoms with Gasteiger partial charge in [-0.3, -0.25) is 10.1 Å². The molecule has 0 saturated carbocycles. The second kappa shape index (κ2) is 4.76. The highest BCUT2D eigenvalue weighted by atomic mass is 16.6. The molecule has 2 aromatic rings. The maximum Gasteiger partial charge on any atom is 0.352 e. The topological polar surface area (TPSA) is 107 Å². The van der Waals surface area contributed by atoms with Crippen LogP contribution in [0.4, 0.5) is 17.3 Å². The Balaban J connectivity index is 1.75. The van der Waals surface area contributed by atoms with Gasteiger partial charge in [0.05, 0.1) is 4.92 Å². The number of hydrogen-bond acceptors (Lipinski definition) is 6. The number of aromatic nitrogens is 2. The smallest absolute Gasteiger partial charge is 0.352 e. The first-order valence-corrected chi connectivity index (χ1v) is 6.23. The Kier molecular flexibility index (Phi) is 2.94. The van der Waals surface area contributed by atoms with Crippen LogP contribution < -0.4 is 11.1 Å². The molecule has 0 radical (unpaired) electrons. The lowest BCUT2D eigenvalue weighted by Crippen LogP contribution is -2.24. The largest absolute Gasteiger partial charge is 0.378 e. The van der Waals surface area contributed by atoms with E-state index in [0.717, 1.165) is 6.42 Å². The first-order chi connectivity index (χ1) is 9.66. The van der Waals surface area contributed by atoms with E-state index >= 15 is 0 Å². The van der Waals surface area contributed by atoms with Gasteiger partial charge in [-0.2, -0.15) is 0 Å². The van der Waals surface area contributed by atoms with Crippen molar-refractivity contribution in [1.82, 2.24) is 9.97 Å². The highest BCUT2D eigenvalue weighted by Crippen LogP contribution is 2.35. The van der Waals surface area contributed by atoms with Gasteiger partial charge in [0.1, 0.15) is 6.33 Å². The Morgan fingerprint density at radius 2 is 2.20 bits per heavy atom. The van der Waals surface area contributed by atoms with Crippen LogP contribution in [0.15, 0.2) is 30.6 Å². The molecule has 1 unspecified atom stereocenters. The predicted octanol–water partition coefficient (Wildman–Crippen LogP) is 1.72. The van der Waals surface area contributed by atoms with Gasteiger partial charge in [-0.05, 0) is 17.5 Å². The summed E-state index contributed by atoms with van der Waals surface area (Å²) in [7, 11) is 0. The molecule has 20 heavy (non-hydrogen) atoms. The Bertz CT molecular complexity index is 674. The molecule has 3 rings (SSSR count). The molecule has 7 nitrogen and oxygen atoms in total. The van der Waals surface area contributed by atoms with Crippen molar-refractivity contribution in [2.45, 2.75) is 12.3 Å². The number of nitrogens with two attached hydrogens (primary N) is 1. The molecule has 3 N–H and O–H groups in total. The number of anilines is 2. The summed E-state index contributed by atoms with van der Waals surface area (Å²) in [6.45, 7) is 0.592. The zero-order chi connectivity index (χ0) is 14.1. The molecule has 1 aromatic carbocycles. The summed E-state index contributed by atoms with van der Waals surface area (Å²) < 4.78 is 0. The number of hydrogen-bond donors (Lipinski definition) is 2. The number of nitro groups is 1. The van der Waals surface area contributed by atoms with Crippen molar-refractivity contribution in [3.05, 3.63) is 51.8 Å². The van der Waals surface area contributed by atoms with E-state index in [0.29, 0.717) is 12.5 Å². The quantitative estimate of drug-likeness (QED) is 0.647. The molecule has 1 atom stereocenters. The summed E-state index contributed by atoms with van der Waals surface area (Å²) in [6, 6.07) is 8.18. The monoisotopic (exact) mass is 271 g/mol. The maximum absolute atomic E-state index is 11.0. The van der Waals surface area contributed by atoms with Crippen molar-refractivity contribution >= 4 is 17.3 Å². The standard InChI is InChI=1S/C13H13N5O2/c14-12-11(18(19)20)13(17-7-16-12)15-6-9-5-8-3-1-2-4-10(8)9/h1-4,7,9H,5-6H2,(H3,14,15,16,17). The third-order valence-electron chi connectivity index (χ3n) is 3.51. The van der Waals surface area contributed by atoms with Crippen LogP contribution in [0.1, 0.15) is 17.0 Å². The predicted molar refractivity (Wildman–Crippen MR) is 74.5 cm³/mol. The normalized spacial score (nSPS) is 16.1. The van der Waals surface area contributed by atoms with Gasteiger partial charge in [-0.25, -0.2) is 9.97 Å². The summed E-state index contributed by atoms with van der Waals surface area (Å²) in [5.74, 6) is 0.399. The number of rotatable bonds is 4. The zero-order valence-electron chi connectivity index (χ0n) is 10.6. The summed E-state index contributed by atoms with van der Waals surface area (Å²) >= 11 is 0. The highest BCUT2D eigenvalue weighted by Gasteiger charge is 2.27. The van der Waals surface area contributed by atoms with E-state index < -0.39 is 4.92 Å². The lowest BCUT2D eigenvalue weighted by molar-refractivity contribution is -0.383. The van der Waals surface area contributed by atoms with Crippen molar-refractivity contribution in [3.8, 4) is 0 Å². The third-order valence-corrected chi connectivity index (χ3v) is 3.51. The van der Waals surface area contributed by atoms with Crippen LogP contribution in [0.5, 0.6) is 0 Å². The fourth-order valence-electron chi connectivity index (χ4n) is 2.47. The first-order valence-electron chi connectivity index (χ1n) is 6.23. The Morgan fingerprint density at radius 3 is 2.95 bits per heavy atom. The first kappa shape index (κ1) is 12.3. The molecule has 1 aliphatic rings. The van der Waals surface area contributed by atoms with E-state index in [1.165, 1.54) is 17.5 Å². The van der Waals surface area contributed by atoms with Crippen molar-refractivity contribution < 1.29 is 4.92 Å². The minimum atomic E-state index is -0.563. The van der Waals surface area contributed by atoms with Gasteiger partial charge in [0.15, 0.2) is 0 Å². The molecule has 1 heterocycles. The van der Waals surface area contributed by atoms with Crippen LogP contribution in [-0.4, -0.2) is 21.4 Å². The van der Waals surface area contributed by atoms with Crippen LogP contribution in [0.3, 0.4) is 0 Å². The van der Waals surface area contributed by atoms with Crippen LogP contribution in [0.25, 0.3) is 0 Å². The molecule has 0 spiro atoms. The molecule has 0 bridgehead atoms. The summed E-state index contributed by atoms with van der Waals surface area (Å²) in [4.78, 5) is 18.0. The molecule has 1 aromatic heterocycles. The number of nitrogens with one attached hydrogen (secondary N) is 1. The minimum Gasteiger partial charge on any atom is -0.378 e. The molecule has 0 saturated heterocycles. The van der Waals surface area contributed by atoms with E-state index in [9.17, 15) is 10.1 Å². The average Bonchev–Trinajstić information content (AvgIpc) is 2.39. The van der Waals surface area contributed by atoms with Crippen LogP contribution in [0.2, 0.25) is 0 Å². The van der Waals surface area contributed by atoms with E-state index in [-0.39, 0.29) is 17.3 Å². The zero-order valence-corrected chi connectivity index (χ0v) is 10.6. The van der Waals surface area contributed by atoms with Gasteiger partial charge in [0.2, 0.25) is 11.6 Å². The van der Waals surface area contributed by atoms with Gasteiger partial charge >= 0.3 is 5.69 Å². The molecular weight excluding hydrogens is 258 g/mol. The van der Waals surface area contributed by atoms with Crippen molar-refractivity contribution in [2.24, 2.45) is 0 Å². The number of benzene rings is 1. The summed E-state index contributed by atoms with van der Waals surface area (Å²) in [6.07, 6.45) is 2.19. The lowest BCUT2D eigenvalue weighted by atomic mass is 9.77. The van der Waals surface area contributed by atoms with E-state index in [1.54, 1.807) is 0 Å². The Morgan fingerprint density at radius 1 is 1.40 bits per heavy atom. The van der Waals surface area contributed by atoms with Gasteiger partial charge in [0, 0.05) is 12.5 Å². The second-order valence-corrected chi connectivity index (χ2v) is 4.69. The highest BCUT2D eigenvalue weighted by molar-refractivity contribution is 5.67.